The molecule has 1 aliphatic heterocycles. The summed E-state index contributed by atoms with van der Waals surface area (Å²) in [6.07, 6.45) is -0.0416. The molecule has 5 heteroatoms. The van der Waals surface area contributed by atoms with Gasteiger partial charge < -0.3 is 15.2 Å². The summed E-state index contributed by atoms with van der Waals surface area (Å²) in [4.78, 5) is 11.4. The fourth-order valence-electron chi connectivity index (χ4n) is 1.78. The highest BCUT2D eigenvalue weighted by Gasteiger charge is 2.21. The Balaban J connectivity index is 2.48. The number of cyclic esters (lactones) is 1. The number of methoxy groups -OCH3 is 1. The second-order valence-corrected chi connectivity index (χ2v) is 3.79. The molecule has 1 atom stereocenters. The van der Waals surface area contributed by atoms with Gasteiger partial charge in [-0.1, -0.05) is 0 Å². The Morgan fingerprint density at radius 1 is 1.56 bits per heavy atom. The van der Waals surface area contributed by atoms with E-state index in [1.54, 1.807) is 19.2 Å². The lowest BCUT2D eigenvalue weighted by Gasteiger charge is -2.11. The minimum atomic E-state index is -0.459. The van der Waals surface area contributed by atoms with Gasteiger partial charge in [0.1, 0.15) is 11.9 Å². The molecule has 0 bridgehead atoms. The topological polar surface area (TPSA) is 73.6 Å². The van der Waals surface area contributed by atoms with Crippen molar-refractivity contribution in [2.75, 3.05) is 18.2 Å². The quantitative estimate of drug-likeness (QED) is 0.710. The van der Waals surface area contributed by atoms with E-state index >= 15 is 0 Å². The highest BCUT2D eigenvalue weighted by atomic mass is 16.6. The Kier molecular flexibility index (Phi) is 2.60. The Bertz CT molecular complexity index is 431. The molecular formula is C11H14N2O3. The third kappa shape index (κ3) is 1.88. The number of rotatable bonds is 1. The number of fused-ring (bicyclic) bond motifs is 1. The molecule has 2 rings (SSSR count). The van der Waals surface area contributed by atoms with E-state index in [1.807, 2.05) is 6.92 Å². The van der Waals surface area contributed by atoms with E-state index in [9.17, 15) is 4.79 Å². The molecule has 0 saturated carbocycles. The number of nitrogen functional groups attached to an aromatic ring is 1. The van der Waals surface area contributed by atoms with Crippen molar-refractivity contribution < 1.29 is 14.3 Å². The lowest BCUT2D eigenvalue weighted by atomic mass is 10.0. The molecular weight excluding hydrogens is 208 g/mol. The molecule has 0 saturated heterocycles. The second kappa shape index (κ2) is 3.92. The monoisotopic (exact) mass is 222 g/mol. The molecule has 3 N–H and O–H groups in total. The van der Waals surface area contributed by atoms with Crippen molar-refractivity contribution in [1.29, 1.82) is 0 Å². The highest BCUT2D eigenvalue weighted by molar-refractivity contribution is 5.88. The zero-order valence-electron chi connectivity index (χ0n) is 9.24. The third-order valence-electron chi connectivity index (χ3n) is 2.53. The van der Waals surface area contributed by atoms with Gasteiger partial charge in [-0.25, -0.2) is 4.79 Å². The number of nitrogens with two attached hydrogens (primary N) is 1. The first-order chi connectivity index (χ1) is 7.60. The van der Waals surface area contributed by atoms with Crippen LogP contribution in [0.1, 0.15) is 12.5 Å². The maximum Gasteiger partial charge on any atom is 0.411 e. The van der Waals surface area contributed by atoms with Crippen LogP contribution in [0.5, 0.6) is 5.75 Å². The van der Waals surface area contributed by atoms with Crippen molar-refractivity contribution in [2.24, 2.45) is 0 Å². The van der Waals surface area contributed by atoms with Crippen LogP contribution in [0, 0.1) is 0 Å². The van der Waals surface area contributed by atoms with Crippen LogP contribution in [0.25, 0.3) is 0 Å². The van der Waals surface area contributed by atoms with Crippen molar-refractivity contribution in [3.05, 3.63) is 17.7 Å². The van der Waals surface area contributed by atoms with E-state index in [0.29, 0.717) is 23.5 Å². The Hall–Kier alpha value is -1.91. The highest BCUT2D eigenvalue weighted by Crippen LogP contribution is 2.32. The number of amides is 1. The molecule has 1 aromatic carbocycles. The van der Waals surface area contributed by atoms with Gasteiger partial charge in [-0.05, 0) is 6.92 Å². The average Bonchev–Trinajstić information content (AvgIpc) is 2.35. The lowest BCUT2D eigenvalue weighted by Crippen LogP contribution is -2.17. The molecule has 0 radical (unpaired) electrons. The first kappa shape index (κ1) is 10.6. The van der Waals surface area contributed by atoms with E-state index in [4.69, 9.17) is 15.2 Å². The van der Waals surface area contributed by atoms with Gasteiger partial charge in [-0.15, -0.1) is 0 Å². The van der Waals surface area contributed by atoms with Gasteiger partial charge in [0.15, 0.2) is 0 Å². The summed E-state index contributed by atoms with van der Waals surface area (Å²) in [6, 6.07) is 3.48. The molecule has 1 amide bonds. The van der Waals surface area contributed by atoms with Crippen LogP contribution in [0.3, 0.4) is 0 Å². The summed E-state index contributed by atoms with van der Waals surface area (Å²) in [5, 5.41) is 2.65. The number of ether oxygens (including phenoxy) is 2. The minimum absolute atomic E-state index is 0.183. The summed E-state index contributed by atoms with van der Waals surface area (Å²) >= 11 is 0. The van der Waals surface area contributed by atoms with Crippen molar-refractivity contribution in [3.63, 3.8) is 0 Å². The van der Waals surface area contributed by atoms with Gasteiger partial charge in [-0.2, -0.15) is 0 Å². The Morgan fingerprint density at radius 3 is 3.00 bits per heavy atom. The van der Waals surface area contributed by atoms with Crippen LogP contribution >= 0.6 is 0 Å². The van der Waals surface area contributed by atoms with Crippen molar-refractivity contribution in [1.82, 2.24) is 0 Å². The van der Waals surface area contributed by atoms with Gasteiger partial charge in [0.05, 0.1) is 12.8 Å². The summed E-state index contributed by atoms with van der Waals surface area (Å²) in [7, 11) is 1.55. The zero-order valence-corrected chi connectivity index (χ0v) is 9.24. The normalized spacial score (nSPS) is 19.1. The van der Waals surface area contributed by atoms with Gasteiger partial charge in [0.25, 0.3) is 0 Å². The number of carbonyl (C=O) groups is 1. The number of hydrogen-bond donors (Lipinski definition) is 2. The summed E-state index contributed by atoms with van der Waals surface area (Å²) < 4.78 is 10.2. The molecule has 0 aromatic heterocycles. The van der Waals surface area contributed by atoms with Gasteiger partial charge in [-0.3, -0.25) is 5.32 Å². The van der Waals surface area contributed by atoms with E-state index in [-0.39, 0.29) is 6.10 Å². The molecule has 1 aliphatic rings. The maximum atomic E-state index is 11.4. The minimum Gasteiger partial charge on any atom is -0.497 e. The number of carbonyl (C=O) groups excluding carboxylic acids is 1. The first-order valence-corrected chi connectivity index (χ1v) is 5.04. The van der Waals surface area contributed by atoms with Crippen LogP contribution in [-0.4, -0.2) is 19.3 Å². The SMILES string of the molecule is COc1cc(N)c2c(c1)NC(=O)OC(C)C2. The van der Waals surface area contributed by atoms with Crippen LogP contribution in [-0.2, 0) is 11.2 Å². The van der Waals surface area contributed by atoms with Crippen LogP contribution < -0.4 is 15.8 Å². The van der Waals surface area contributed by atoms with Crippen LogP contribution in [0.2, 0.25) is 0 Å². The molecule has 1 unspecified atom stereocenters. The summed E-state index contributed by atoms with van der Waals surface area (Å²) in [5.74, 6) is 0.617. The Morgan fingerprint density at radius 2 is 2.31 bits per heavy atom. The van der Waals surface area contributed by atoms with Gasteiger partial charge in [0, 0.05) is 29.8 Å². The number of anilines is 2. The van der Waals surface area contributed by atoms with Crippen LogP contribution in [0.15, 0.2) is 12.1 Å². The molecule has 86 valence electrons. The molecule has 5 nitrogen and oxygen atoms in total. The number of nitrogens with one attached hydrogen (secondary N) is 1. The molecule has 0 aliphatic carbocycles. The van der Waals surface area contributed by atoms with Gasteiger partial charge in [0.2, 0.25) is 0 Å². The molecule has 1 aromatic rings. The predicted molar refractivity (Wildman–Crippen MR) is 60.7 cm³/mol. The second-order valence-electron chi connectivity index (χ2n) is 3.79. The fourth-order valence-corrected chi connectivity index (χ4v) is 1.78. The average molecular weight is 222 g/mol. The van der Waals surface area contributed by atoms with E-state index in [1.165, 1.54) is 0 Å². The number of benzene rings is 1. The van der Waals surface area contributed by atoms with Crippen molar-refractivity contribution in [3.8, 4) is 5.75 Å². The maximum absolute atomic E-state index is 11.4. The van der Waals surface area contributed by atoms with E-state index in [2.05, 4.69) is 5.32 Å². The Labute approximate surface area is 93.5 Å². The fraction of sp³-hybridized carbons (Fsp3) is 0.364. The standard InChI is InChI=1S/C11H14N2O3/c1-6-3-8-9(12)4-7(15-2)5-10(8)13-11(14)16-6/h4-6H,3,12H2,1-2H3,(H,13,14). The largest absolute Gasteiger partial charge is 0.497 e. The molecule has 16 heavy (non-hydrogen) atoms. The smallest absolute Gasteiger partial charge is 0.411 e. The molecule has 0 spiro atoms. The van der Waals surface area contributed by atoms with E-state index < -0.39 is 6.09 Å². The summed E-state index contributed by atoms with van der Waals surface area (Å²) in [6.45, 7) is 1.83. The summed E-state index contributed by atoms with van der Waals surface area (Å²) in [5.41, 5.74) is 8.06. The van der Waals surface area contributed by atoms with Gasteiger partial charge >= 0.3 is 6.09 Å². The zero-order chi connectivity index (χ0) is 11.7. The lowest BCUT2D eigenvalue weighted by molar-refractivity contribution is 0.123. The predicted octanol–water partition coefficient (Wildman–Crippen LogP) is 1.77. The third-order valence-corrected chi connectivity index (χ3v) is 2.53. The molecule has 1 heterocycles. The first-order valence-electron chi connectivity index (χ1n) is 5.04. The van der Waals surface area contributed by atoms with Crippen LogP contribution in [0.4, 0.5) is 16.2 Å². The van der Waals surface area contributed by atoms with Crippen molar-refractivity contribution in [2.45, 2.75) is 19.4 Å². The van der Waals surface area contributed by atoms with Crippen molar-refractivity contribution >= 4 is 17.5 Å². The van der Waals surface area contributed by atoms with E-state index in [0.717, 1.165) is 5.56 Å². The molecule has 0 fully saturated rings. The number of hydrogen-bond acceptors (Lipinski definition) is 4.